The number of primary amides is 1. The van der Waals surface area contributed by atoms with Crippen molar-refractivity contribution in [2.24, 2.45) is 17.6 Å². The van der Waals surface area contributed by atoms with Crippen molar-refractivity contribution in [2.45, 2.75) is 60.5 Å². The smallest absolute Gasteiger partial charge is 0.405 e. The van der Waals surface area contributed by atoms with Crippen LogP contribution in [0.15, 0.2) is 24.4 Å². The second-order valence-corrected chi connectivity index (χ2v) is 8.81. The molecule has 0 aliphatic carbocycles. The first kappa shape index (κ1) is 26.3. The van der Waals surface area contributed by atoms with Crippen molar-refractivity contribution >= 4 is 6.09 Å². The molecule has 31 heavy (non-hydrogen) atoms. The number of aromatic nitrogens is 2. The van der Waals surface area contributed by atoms with Crippen molar-refractivity contribution in [3.05, 3.63) is 41.9 Å². The SMILES string of the molecule is CC(C)(C)OC(N)=O.Cc1nccc(-c2ccc(OCC(C)CC(C)C)c(F)c2F)n1. The van der Waals surface area contributed by atoms with Crippen molar-refractivity contribution in [2.75, 3.05) is 6.61 Å². The first-order chi connectivity index (χ1) is 14.3. The second-order valence-electron chi connectivity index (χ2n) is 8.81. The van der Waals surface area contributed by atoms with Gasteiger partial charge in [0.05, 0.1) is 12.3 Å². The highest BCUT2D eigenvalue weighted by Crippen LogP contribution is 2.29. The molecule has 2 aromatic rings. The normalized spacial score (nSPS) is 12.1. The molecule has 1 heterocycles. The summed E-state index contributed by atoms with van der Waals surface area (Å²) in [6, 6.07) is 4.49. The number of hydrogen-bond acceptors (Lipinski definition) is 5. The van der Waals surface area contributed by atoms with Gasteiger partial charge in [0.2, 0.25) is 5.82 Å². The molecule has 0 saturated carbocycles. The summed E-state index contributed by atoms with van der Waals surface area (Å²) in [6.07, 6.45) is 1.77. The van der Waals surface area contributed by atoms with Crippen LogP contribution in [0.3, 0.4) is 0 Å². The Morgan fingerprint density at radius 1 is 1.13 bits per heavy atom. The van der Waals surface area contributed by atoms with E-state index in [0.717, 1.165) is 6.42 Å². The zero-order valence-corrected chi connectivity index (χ0v) is 19.3. The van der Waals surface area contributed by atoms with Gasteiger partial charge in [-0.15, -0.1) is 0 Å². The molecule has 0 radical (unpaired) electrons. The van der Waals surface area contributed by atoms with Crippen LogP contribution >= 0.6 is 0 Å². The van der Waals surface area contributed by atoms with Gasteiger partial charge >= 0.3 is 6.09 Å². The zero-order chi connectivity index (χ0) is 23.8. The summed E-state index contributed by atoms with van der Waals surface area (Å²) in [7, 11) is 0. The maximum atomic E-state index is 14.3. The highest BCUT2D eigenvalue weighted by Gasteiger charge is 2.18. The van der Waals surface area contributed by atoms with E-state index in [1.807, 2.05) is 6.92 Å². The van der Waals surface area contributed by atoms with E-state index >= 15 is 0 Å². The minimum atomic E-state index is -0.976. The number of benzene rings is 1. The highest BCUT2D eigenvalue weighted by atomic mass is 19.2. The fourth-order valence-electron chi connectivity index (χ4n) is 2.85. The topological polar surface area (TPSA) is 87.3 Å². The molecule has 1 aromatic heterocycles. The summed E-state index contributed by atoms with van der Waals surface area (Å²) in [6.45, 7) is 13.6. The van der Waals surface area contributed by atoms with Gasteiger partial charge in [0.1, 0.15) is 11.4 Å². The number of aryl methyl sites for hydroxylation is 1. The van der Waals surface area contributed by atoms with Gasteiger partial charge in [0.15, 0.2) is 11.6 Å². The summed E-state index contributed by atoms with van der Waals surface area (Å²) in [5, 5.41) is 0. The van der Waals surface area contributed by atoms with E-state index in [1.54, 1.807) is 33.8 Å². The molecular weight excluding hydrogens is 404 g/mol. The largest absolute Gasteiger partial charge is 0.490 e. The molecule has 2 rings (SSSR count). The van der Waals surface area contributed by atoms with E-state index in [0.29, 0.717) is 24.0 Å². The second kappa shape index (κ2) is 11.6. The van der Waals surface area contributed by atoms with E-state index < -0.39 is 23.3 Å². The fraction of sp³-hybridized carbons (Fsp3) is 0.522. The lowest BCUT2D eigenvalue weighted by molar-refractivity contribution is 0.0600. The maximum Gasteiger partial charge on any atom is 0.405 e. The monoisotopic (exact) mass is 437 g/mol. The molecule has 8 heteroatoms. The highest BCUT2D eigenvalue weighted by molar-refractivity contribution is 5.65. The molecule has 1 unspecified atom stereocenters. The zero-order valence-electron chi connectivity index (χ0n) is 19.3. The molecule has 0 saturated heterocycles. The lowest BCUT2D eigenvalue weighted by atomic mass is 10.00. The van der Waals surface area contributed by atoms with Crippen molar-refractivity contribution in [1.29, 1.82) is 0 Å². The molecule has 0 aliphatic heterocycles. The minimum Gasteiger partial charge on any atom is -0.490 e. The van der Waals surface area contributed by atoms with Crippen LogP contribution in [0.4, 0.5) is 13.6 Å². The van der Waals surface area contributed by atoms with Gasteiger partial charge in [-0.2, -0.15) is 4.39 Å². The van der Waals surface area contributed by atoms with Crippen LogP contribution in [0.2, 0.25) is 0 Å². The number of ether oxygens (including phenoxy) is 2. The number of nitrogens with two attached hydrogens (primary N) is 1. The molecule has 2 N–H and O–H groups in total. The Kier molecular flexibility index (Phi) is 9.81. The average Bonchev–Trinajstić information content (AvgIpc) is 2.61. The van der Waals surface area contributed by atoms with E-state index in [-0.39, 0.29) is 17.2 Å². The first-order valence-corrected chi connectivity index (χ1v) is 10.2. The number of carbonyl (C=O) groups is 1. The Balaban J connectivity index is 0.000000512. The average molecular weight is 438 g/mol. The van der Waals surface area contributed by atoms with Crippen molar-refractivity contribution in [3.8, 4) is 17.0 Å². The summed E-state index contributed by atoms with van der Waals surface area (Å²) < 4.78 is 38.5. The van der Waals surface area contributed by atoms with Gasteiger partial charge in [-0.25, -0.2) is 19.2 Å². The Hall–Kier alpha value is -2.77. The standard InChI is InChI=1S/C18H22F2N2O.C5H11NO2/c1-11(2)9-12(3)10-23-16-6-5-14(17(19)18(16)20)15-7-8-21-13(4)22-15;1-5(2,3)8-4(6)7/h5-8,11-12H,9-10H2,1-4H3;1-3H3,(H2,6,7). The lowest BCUT2D eigenvalue weighted by Gasteiger charge is -2.16. The maximum absolute atomic E-state index is 14.3. The van der Waals surface area contributed by atoms with E-state index in [9.17, 15) is 13.6 Å². The molecular formula is C23H33F2N3O3. The third-order valence-corrected chi connectivity index (χ3v) is 3.90. The van der Waals surface area contributed by atoms with Gasteiger partial charge < -0.3 is 15.2 Å². The Bertz CT molecular complexity index is 868. The first-order valence-electron chi connectivity index (χ1n) is 10.2. The van der Waals surface area contributed by atoms with Crippen LogP contribution in [0.25, 0.3) is 11.3 Å². The van der Waals surface area contributed by atoms with E-state index in [2.05, 4.69) is 28.6 Å². The van der Waals surface area contributed by atoms with Gasteiger partial charge in [-0.3, -0.25) is 0 Å². The van der Waals surface area contributed by atoms with Crippen LogP contribution in [-0.2, 0) is 4.74 Å². The minimum absolute atomic E-state index is 0.0624. The van der Waals surface area contributed by atoms with Gasteiger partial charge in [0.25, 0.3) is 0 Å². The molecule has 1 amide bonds. The Morgan fingerprint density at radius 2 is 1.77 bits per heavy atom. The number of halogens is 2. The van der Waals surface area contributed by atoms with Crippen LogP contribution < -0.4 is 10.5 Å². The summed E-state index contributed by atoms with van der Waals surface area (Å²) in [5.74, 6) is -0.661. The third kappa shape index (κ3) is 9.72. The molecule has 1 atom stereocenters. The summed E-state index contributed by atoms with van der Waals surface area (Å²) >= 11 is 0. The molecule has 172 valence electrons. The van der Waals surface area contributed by atoms with Crippen LogP contribution in [-0.4, -0.2) is 28.3 Å². The quantitative estimate of drug-likeness (QED) is 0.629. The lowest BCUT2D eigenvalue weighted by Crippen LogP contribution is -2.27. The van der Waals surface area contributed by atoms with Crippen LogP contribution in [0.1, 0.15) is 53.8 Å². The number of hydrogen-bond donors (Lipinski definition) is 1. The predicted octanol–water partition coefficient (Wildman–Crippen LogP) is 5.67. The molecule has 0 aliphatic rings. The number of carbonyl (C=O) groups excluding carboxylic acids is 1. The molecule has 0 bridgehead atoms. The van der Waals surface area contributed by atoms with E-state index in [4.69, 9.17) is 10.5 Å². The summed E-state index contributed by atoms with van der Waals surface area (Å²) in [4.78, 5) is 18.1. The molecule has 1 aromatic carbocycles. The van der Waals surface area contributed by atoms with Gasteiger partial charge in [-0.05, 0) is 64.2 Å². The Morgan fingerprint density at radius 3 is 2.26 bits per heavy atom. The van der Waals surface area contributed by atoms with Crippen molar-refractivity contribution in [3.63, 3.8) is 0 Å². The fourth-order valence-corrected chi connectivity index (χ4v) is 2.85. The van der Waals surface area contributed by atoms with Crippen LogP contribution in [0, 0.1) is 30.4 Å². The Labute approximate surface area is 183 Å². The molecule has 6 nitrogen and oxygen atoms in total. The predicted molar refractivity (Wildman–Crippen MR) is 117 cm³/mol. The van der Waals surface area contributed by atoms with E-state index in [1.165, 1.54) is 18.3 Å². The number of rotatable bonds is 6. The number of amides is 1. The van der Waals surface area contributed by atoms with Gasteiger partial charge in [-0.1, -0.05) is 20.8 Å². The van der Waals surface area contributed by atoms with Crippen molar-refractivity contribution in [1.82, 2.24) is 9.97 Å². The van der Waals surface area contributed by atoms with Gasteiger partial charge in [0, 0.05) is 11.8 Å². The summed E-state index contributed by atoms with van der Waals surface area (Å²) in [5.41, 5.74) is 4.73. The third-order valence-electron chi connectivity index (χ3n) is 3.90. The van der Waals surface area contributed by atoms with Crippen molar-refractivity contribution < 1.29 is 23.0 Å². The number of nitrogens with zero attached hydrogens (tertiary/aromatic N) is 2. The molecule has 0 fully saturated rings. The molecule has 0 spiro atoms. The van der Waals surface area contributed by atoms with Crippen LogP contribution in [0.5, 0.6) is 5.75 Å².